The van der Waals surface area contributed by atoms with Crippen molar-refractivity contribution < 1.29 is 27.8 Å². The molecule has 7 heteroatoms. The fourth-order valence-electron chi connectivity index (χ4n) is 2.47. The molecule has 21 heavy (non-hydrogen) atoms. The molecule has 0 aromatic carbocycles. The monoisotopic (exact) mass is 311 g/mol. The molecular weight excluding hydrogens is 287 g/mol. The summed E-state index contributed by atoms with van der Waals surface area (Å²) in [5, 5.41) is 11.8. The molecule has 4 nitrogen and oxygen atoms in total. The minimum atomic E-state index is -4.55. The molecular formula is C14H24F3NO3. The summed E-state index contributed by atoms with van der Waals surface area (Å²) in [7, 11) is 0. The lowest BCUT2D eigenvalue weighted by Gasteiger charge is -2.31. The third-order valence-corrected chi connectivity index (χ3v) is 3.50. The SMILES string of the molecule is CC(C)(C)OC(=O)NC1CCC(CC(O)C(F)(F)F)CC1. The highest BCUT2D eigenvalue weighted by molar-refractivity contribution is 5.68. The standard InChI is InChI=1S/C14H24F3NO3/c1-13(2,3)21-12(20)18-10-6-4-9(5-7-10)8-11(19)14(15,16)17/h9-11,19H,4-8H2,1-3H3,(H,18,20). The van der Waals surface area contributed by atoms with Gasteiger partial charge in [0.25, 0.3) is 0 Å². The van der Waals surface area contributed by atoms with Gasteiger partial charge < -0.3 is 15.2 Å². The van der Waals surface area contributed by atoms with Gasteiger partial charge in [-0.15, -0.1) is 0 Å². The average molecular weight is 311 g/mol. The lowest BCUT2D eigenvalue weighted by atomic mass is 9.83. The molecule has 1 aliphatic carbocycles. The fraction of sp³-hybridized carbons (Fsp3) is 0.929. The molecule has 1 atom stereocenters. The Labute approximate surface area is 123 Å². The molecule has 0 aromatic rings. The van der Waals surface area contributed by atoms with E-state index >= 15 is 0 Å². The van der Waals surface area contributed by atoms with Crippen molar-refractivity contribution in [1.82, 2.24) is 5.32 Å². The molecule has 1 amide bonds. The van der Waals surface area contributed by atoms with Gasteiger partial charge in [-0.25, -0.2) is 4.79 Å². The highest BCUT2D eigenvalue weighted by Gasteiger charge is 2.40. The summed E-state index contributed by atoms with van der Waals surface area (Å²) in [6, 6.07) is -0.0703. The van der Waals surface area contributed by atoms with E-state index in [-0.39, 0.29) is 18.4 Å². The predicted molar refractivity (Wildman–Crippen MR) is 71.8 cm³/mol. The van der Waals surface area contributed by atoms with Gasteiger partial charge in [0.1, 0.15) is 11.7 Å². The number of carbonyl (C=O) groups is 1. The van der Waals surface area contributed by atoms with Gasteiger partial charge >= 0.3 is 12.3 Å². The van der Waals surface area contributed by atoms with E-state index in [9.17, 15) is 18.0 Å². The van der Waals surface area contributed by atoms with Crippen molar-refractivity contribution in [3.05, 3.63) is 0 Å². The second kappa shape index (κ2) is 6.85. The van der Waals surface area contributed by atoms with Crippen LogP contribution in [0.3, 0.4) is 0 Å². The third kappa shape index (κ3) is 7.02. The van der Waals surface area contributed by atoms with Crippen molar-refractivity contribution in [3.8, 4) is 0 Å². The van der Waals surface area contributed by atoms with Crippen LogP contribution >= 0.6 is 0 Å². The first-order valence-corrected chi connectivity index (χ1v) is 7.21. The van der Waals surface area contributed by atoms with Gasteiger partial charge in [-0.05, 0) is 58.8 Å². The number of alkyl carbamates (subject to hydrolysis) is 1. The van der Waals surface area contributed by atoms with E-state index in [2.05, 4.69) is 5.32 Å². The number of aliphatic hydroxyl groups is 1. The molecule has 1 aliphatic rings. The van der Waals surface area contributed by atoms with Crippen molar-refractivity contribution in [1.29, 1.82) is 0 Å². The van der Waals surface area contributed by atoms with E-state index in [1.807, 2.05) is 0 Å². The minimum Gasteiger partial charge on any atom is -0.444 e. The Morgan fingerprint density at radius 2 is 1.76 bits per heavy atom. The average Bonchev–Trinajstić information content (AvgIpc) is 2.27. The van der Waals surface area contributed by atoms with Crippen LogP contribution in [0.1, 0.15) is 52.9 Å². The number of carbonyl (C=O) groups excluding carboxylic acids is 1. The molecule has 0 aromatic heterocycles. The van der Waals surface area contributed by atoms with Crippen LogP contribution in [0, 0.1) is 5.92 Å². The topological polar surface area (TPSA) is 58.6 Å². The molecule has 1 rings (SSSR count). The highest BCUT2D eigenvalue weighted by atomic mass is 19.4. The zero-order valence-corrected chi connectivity index (χ0v) is 12.7. The Balaban J connectivity index is 2.31. The first-order chi connectivity index (χ1) is 9.47. The Morgan fingerprint density at radius 3 is 2.19 bits per heavy atom. The summed E-state index contributed by atoms with van der Waals surface area (Å²) in [4.78, 5) is 11.6. The number of hydrogen-bond acceptors (Lipinski definition) is 3. The quantitative estimate of drug-likeness (QED) is 0.840. The summed E-state index contributed by atoms with van der Waals surface area (Å²) in [6.07, 6.45) is -5.22. The summed E-state index contributed by atoms with van der Waals surface area (Å²) >= 11 is 0. The van der Waals surface area contributed by atoms with Crippen molar-refractivity contribution in [2.75, 3.05) is 0 Å². The van der Waals surface area contributed by atoms with Gasteiger partial charge in [-0.1, -0.05) is 0 Å². The van der Waals surface area contributed by atoms with Crippen LogP contribution in [-0.4, -0.2) is 35.1 Å². The molecule has 0 aliphatic heterocycles. The van der Waals surface area contributed by atoms with Crippen molar-refractivity contribution in [2.45, 2.75) is 76.8 Å². The zero-order chi connectivity index (χ0) is 16.3. The predicted octanol–water partition coefficient (Wildman–Crippen LogP) is 3.38. The fourth-order valence-corrected chi connectivity index (χ4v) is 2.47. The van der Waals surface area contributed by atoms with Gasteiger partial charge in [0.15, 0.2) is 0 Å². The molecule has 0 radical (unpaired) electrons. The molecule has 1 unspecified atom stereocenters. The summed E-state index contributed by atoms with van der Waals surface area (Å²) in [5.41, 5.74) is -0.571. The number of halogens is 3. The first-order valence-electron chi connectivity index (χ1n) is 7.21. The highest BCUT2D eigenvalue weighted by Crippen LogP contribution is 2.32. The van der Waals surface area contributed by atoms with Gasteiger partial charge in [0.2, 0.25) is 0 Å². The molecule has 1 fully saturated rings. The molecule has 2 N–H and O–H groups in total. The second-order valence-corrected chi connectivity index (χ2v) is 6.66. The van der Waals surface area contributed by atoms with E-state index in [0.717, 1.165) is 0 Å². The Kier molecular flexibility index (Phi) is 5.90. The Bertz CT molecular complexity index is 344. The van der Waals surface area contributed by atoms with Crippen LogP contribution in [0.5, 0.6) is 0 Å². The molecule has 0 saturated heterocycles. The Hall–Kier alpha value is -0.980. The van der Waals surface area contributed by atoms with Gasteiger partial charge in [-0.2, -0.15) is 13.2 Å². The summed E-state index contributed by atoms with van der Waals surface area (Å²) < 4.78 is 42.0. The van der Waals surface area contributed by atoms with E-state index in [4.69, 9.17) is 9.84 Å². The number of aliphatic hydroxyl groups excluding tert-OH is 1. The van der Waals surface area contributed by atoms with Crippen LogP contribution in [0.15, 0.2) is 0 Å². The summed E-state index contributed by atoms with van der Waals surface area (Å²) in [5.74, 6) is -0.154. The number of rotatable bonds is 3. The molecule has 0 heterocycles. The molecule has 0 bridgehead atoms. The maximum absolute atomic E-state index is 12.3. The molecule has 124 valence electrons. The number of nitrogens with one attached hydrogen (secondary N) is 1. The Morgan fingerprint density at radius 1 is 1.24 bits per heavy atom. The second-order valence-electron chi connectivity index (χ2n) is 6.66. The molecule has 0 spiro atoms. The first kappa shape index (κ1) is 18.1. The van der Waals surface area contributed by atoms with Crippen molar-refractivity contribution in [2.24, 2.45) is 5.92 Å². The van der Waals surface area contributed by atoms with Crippen LogP contribution in [-0.2, 0) is 4.74 Å². The number of ether oxygens (including phenoxy) is 1. The largest absolute Gasteiger partial charge is 0.444 e. The maximum atomic E-state index is 12.3. The number of alkyl halides is 3. The van der Waals surface area contributed by atoms with Crippen molar-refractivity contribution in [3.63, 3.8) is 0 Å². The maximum Gasteiger partial charge on any atom is 0.414 e. The number of hydrogen-bond donors (Lipinski definition) is 2. The van der Waals surface area contributed by atoms with E-state index in [1.54, 1.807) is 20.8 Å². The van der Waals surface area contributed by atoms with Crippen LogP contribution in [0.4, 0.5) is 18.0 Å². The smallest absolute Gasteiger partial charge is 0.414 e. The van der Waals surface area contributed by atoms with Gasteiger partial charge in [-0.3, -0.25) is 0 Å². The minimum absolute atomic E-state index is 0.0703. The van der Waals surface area contributed by atoms with E-state index in [0.29, 0.717) is 25.7 Å². The van der Waals surface area contributed by atoms with E-state index in [1.165, 1.54) is 0 Å². The normalized spacial score (nSPS) is 25.3. The third-order valence-electron chi connectivity index (χ3n) is 3.50. The number of amides is 1. The van der Waals surface area contributed by atoms with Crippen LogP contribution in [0.2, 0.25) is 0 Å². The van der Waals surface area contributed by atoms with Crippen LogP contribution in [0.25, 0.3) is 0 Å². The lowest BCUT2D eigenvalue weighted by Crippen LogP contribution is -2.41. The lowest BCUT2D eigenvalue weighted by molar-refractivity contribution is -0.209. The van der Waals surface area contributed by atoms with Crippen molar-refractivity contribution >= 4 is 6.09 Å². The van der Waals surface area contributed by atoms with Gasteiger partial charge in [0, 0.05) is 6.04 Å². The summed E-state index contributed by atoms with van der Waals surface area (Å²) in [6.45, 7) is 5.30. The van der Waals surface area contributed by atoms with E-state index < -0.39 is 24.0 Å². The zero-order valence-electron chi connectivity index (χ0n) is 12.7. The van der Waals surface area contributed by atoms with Gasteiger partial charge in [0.05, 0.1) is 0 Å². The van der Waals surface area contributed by atoms with Crippen LogP contribution < -0.4 is 5.32 Å². The molecule has 1 saturated carbocycles.